The van der Waals surface area contributed by atoms with Crippen LogP contribution in [0, 0.1) is 11.8 Å². The quantitative estimate of drug-likeness (QED) is 0.301. The molecule has 0 spiro atoms. The number of carbonyl (C=O) groups excluding carboxylic acids is 3. The summed E-state index contributed by atoms with van der Waals surface area (Å²) in [5.41, 5.74) is 0.827. The van der Waals surface area contributed by atoms with Gasteiger partial charge in [0.15, 0.2) is 0 Å². The first-order valence-corrected chi connectivity index (χ1v) is 17.4. The van der Waals surface area contributed by atoms with Gasteiger partial charge in [-0.15, -0.1) is 11.3 Å². The van der Waals surface area contributed by atoms with Crippen molar-refractivity contribution in [2.24, 2.45) is 11.8 Å². The third kappa shape index (κ3) is 9.83. The van der Waals surface area contributed by atoms with Crippen LogP contribution in [0.5, 0.6) is 0 Å². The Morgan fingerprint density at radius 3 is 2.59 bits per heavy atom. The molecule has 3 amide bonds. The zero-order valence-electron chi connectivity index (χ0n) is 24.3. The molecule has 4 rings (SSSR count). The lowest BCUT2D eigenvalue weighted by Crippen LogP contribution is -2.55. The molecule has 1 aliphatic heterocycles. The summed E-state index contributed by atoms with van der Waals surface area (Å²) in [5.74, 6) is 2.06. The van der Waals surface area contributed by atoms with E-state index >= 15 is 0 Å². The summed E-state index contributed by atoms with van der Waals surface area (Å²) in [7, 11) is 0. The van der Waals surface area contributed by atoms with Gasteiger partial charge in [-0.05, 0) is 43.4 Å². The molecule has 226 valence electrons. The van der Waals surface area contributed by atoms with Crippen LogP contribution < -0.4 is 16.0 Å². The number of nitrogens with one attached hydrogen (secondary N) is 3. The molecule has 3 N–H and O–H groups in total. The monoisotopic (exact) mass is 621 g/mol. The van der Waals surface area contributed by atoms with Crippen molar-refractivity contribution in [3.63, 3.8) is 0 Å². The number of carbonyl (C=O) groups is 3. The first-order chi connectivity index (χ1) is 19.8. The van der Waals surface area contributed by atoms with E-state index < -0.39 is 6.04 Å². The Bertz CT molecular complexity index is 1170. The molecule has 1 unspecified atom stereocenters. The molecular weight excluding hydrogens is 578 g/mol. The lowest BCUT2D eigenvalue weighted by molar-refractivity contribution is -0.130. The smallest absolute Gasteiger partial charge is 0.243 e. The van der Waals surface area contributed by atoms with Crippen LogP contribution in [-0.2, 0) is 20.8 Å². The fourth-order valence-electron chi connectivity index (χ4n) is 5.71. The van der Waals surface area contributed by atoms with Crippen molar-refractivity contribution < 1.29 is 14.4 Å². The van der Waals surface area contributed by atoms with E-state index in [1.54, 1.807) is 6.07 Å². The van der Waals surface area contributed by atoms with Crippen LogP contribution in [0.3, 0.4) is 0 Å². The highest BCUT2D eigenvalue weighted by Gasteiger charge is 2.30. The van der Waals surface area contributed by atoms with Crippen molar-refractivity contribution in [3.8, 4) is 0 Å². The number of rotatable bonds is 13. The minimum absolute atomic E-state index is 0.0271. The van der Waals surface area contributed by atoms with E-state index in [4.69, 9.17) is 16.6 Å². The molecular formula is C30H44ClN5O3S2. The molecule has 0 bridgehead atoms. The normalized spacial score (nSPS) is 18.9. The maximum Gasteiger partial charge on any atom is 0.243 e. The molecule has 41 heavy (non-hydrogen) atoms. The van der Waals surface area contributed by atoms with Crippen LogP contribution in [0.4, 0.5) is 0 Å². The van der Waals surface area contributed by atoms with Crippen molar-refractivity contribution in [2.45, 2.75) is 77.3 Å². The zero-order chi connectivity index (χ0) is 29.2. The van der Waals surface area contributed by atoms with Crippen molar-refractivity contribution in [1.82, 2.24) is 25.8 Å². The summed E-state index contributed by atoms with van der Waals surface area (Å²) in [4.78, 5) is 46.5. The van der Waals surface area contributed by atoms with Gasteiger partial charge in [0.2, 0.25) is 17.7 Å². The molecule has 11 heteroatoms. The second-order valence-corrected chi connectivity index (χ2v) is 14.1. The topological polar surface area (TPSA) is 103 Å². The van der Waals surface area contributed by atoms with Crippen molar-refractivity contribution in [2.75, 3.05) is 37.7 Å². The Kier molecular flexibility index (Phi) is 12.6. The Morgan fingerprint density at radius 1 is 1.10 bits per heavy atom. The van der Waals surface area contributed by atoms with Gasteiger partial charge in [-0.1, -0.05) is 44.7 Å². The number of thiazole rings is 1. The van der Waals surface area contributed by atoms with Gasteiger partial charge >= 0.3 is 0 Å². The molecule has 1 saturated heterocycles. The predicted octanol–water partition coefficient (Wildman–Crippen LogP) is 4.64. The van der Waals surface area contributed by atoms with Crippen LogP contribution in [0.15, 0.2) is 18.2 Å². The van der Waals surface area contributed by atoms with E-state index in [2.05, 4.69) is 20.9 Å². The zero-order valence-corrected chi connectivity index (χ0v) is 26.6. The summed E-state index contributed by atoms with van der Waals surface area (Å²) >= 11 is 9.61. The fraction of sp³-hybridized carbons (Fsp3) is 0.667. The minimum Gasteiger partial charge on any atom is -0.354 e. The van der Waals surface area contributed by atoms with Gasteiger partial charge < -0.3 is 20.9 Å². The average molecular weight is 622 g/mol. The number of benzene rings is 1. The number of halogens is 1. The van der Waals surface area contributed by atoms with Crippen molar-refractivity contribution in [1.29, 1.82) is 0 Å². The van der Waals surface area contributed by atoms with Crippen molar-refractivity contribution >= 4 is 62.6 Å². The van der Waals surface area contributed by atoms with Crippen LogP contribution in [0.25, 0.3) is 10.2 Å². The Labute approximate surface area is 257 Å². The largest absolute Gasteiger partial charge is 0.354 e. The molecule has 2 fully saturated rings. The van der Waals surface area contributed by atoms with E-state index in [0.29, 0.717) is 36.7 Å². The number of thioether (sulfide) groups is 1. The van der Waals surface area contributed by atoms with Crippen LogP contribution in [0.2, 0.25) is 5.02 Å². The van der Waals surface area contributed by atoms with E-state index in [9.17, 15) is 14.4 Å². The Morgan fingerprint density at radius 2 is 1.85 bits per heavy atom. The van der Waals surface area contributed by atoms with E-state index in [1.807, 2.05) is 37.7 Å². The minimum atomic E-state index is -0.747. The third-order valence-corrected chi connectivity index (χ3v) is 10.2. The highest BCUT2D eigenvalue weighted by Crippen LogP contribution is 2.28. The number of aromatic nitrogens is 1. The Balaban J connectivity index is 1.43. The van der Waals surface area contributed by atoms with Crippen LogP contribution in [0.1, 0.15) is 63.8 Å². The number of hydrogen-bond donors (Lipinski definition) is 3. The fourth-order valence-corrected chi connectivity index (χ4v) is 7.97. The van der Waals surface area contributed by atoms with Gasteiger partial charge in [-0.3, -0.25) is 14.4 Å². The highest BCUT2D eigenvalue weighted by atomic mass is 35.5. The molecule has 2 aliphatic rings. The molecule has 1 aromatic heterocycles. The summed E-state index contributed by atoms with van der Waals surface area (Å²) in [5, 5.41) is 10.8. The summed E-state index contributed by atoms with van der Waals surface area (Å²) in [6.45, 7) is 7.12. The van der Waals surface area contributed by atoms with E-state index in [0.717, 1.165) is 72.0 Å². The molecule has 1 aromatic carbocycles. The first-order valence-electron chi connectivity index (χ1n) is 15.0. The van der Waals surface area contributed by atoms with Crippen molar-refractivity contribution in [3.05, 3.63) is 28.2 Å². The van der Waals surface area contributed by atoms with Crippen LogP contribution >= 0.6 is 34.7 Å². The van der Waals surface area contributed by atoms with Gasteiger partial charge in [-0.25, -0.2) is 4.98 Å². The summed E-state index contributed by atoms with van der Waals surface area (Å²) in [6, 6.07) is 4.61. The second-order valence-electron chi connectivity index (χ2n) is 11.4. The standard InChI is InChI=1S/C30H44ClN5O3S2/c1-3-7-27(37)33-24(17-28-34-23-11-10-22(31)16-26(23)41-28)30(39)35-25(21-8-5-4-6-9-21)18-32-29(38)20(2)19-36-12-14-40-15-13-36/h10-11,16,20-21,24-25H,3-9,12-15,17-19H2,1-2H3,(H,32,38)(H,33,37)(H,35,39)/t20?,24-,25+/m0/s1. The third-order valence-electron chi connectivity index (χ3n) is 8.03. The molecule has 3 atom stereocenters. The van der Waals surface area contributed by atoms with Gasteiger partial charge in [0.05, 0.1) is 15.2 Å². The molecule has 2 aromatic rings. The molecule has 8 nitrogen and oxygen atoms in total. The number of amides is 3. The maximum atomic E-state index is 13.8. The summed E-state index contributed by atoms with van der Waals surface area (Å²) in [6.07, 6.45) is 6.85. The highest BCUT2D eigenvalue weighted by molar-refractivity contribution is 7.99. The molecule has 1 aliphatic carbocycles. The maximum absolute atomic E-state index is 13.8. The average Bonchev–Trinajstić information content (AvgIpc) is 3.37. The van der Waals surface area contributed by atoms with Gasteiger partial charge in [0, 0.05) is 67.5 Å². The van der Waals surface area contributed by atoms with Gasteiger partial charge in [-0.2, -0.15) is 11.8 Å². The number of fused-ring (bicyclic) bond motifs is 1. The van der Waals surface area contributed by atoms with Gasteiger partial charge in [0.25, 0.3) is 0 Å². The lowest BCUT2D eigenvalue weighted by atomic mass is 9.83. The van der Waals surface area contributed by atoms with E-state index in [-0.39, 0.29) is 29.7 Å². The molecule has 2 heterocycles. The lowest BCUT2D eigenvalue weighted by Gasteiger charge is -2.33. The SMILES string of the molecule is CCCC(=O)N[C@@H](Cc1nc2ccc(Cl)cc2s1)C(=O)N[C@H](CNC(=O)C(C)CN1CCSCC1)C1CCCCC1. The number of nitrogens with zero attached hydrogens (tertiary/aromatic N) is 2. The predicted molar refractivity (Wildman–Crippen MR) is 170 cm³/mol. The van der Waals surface area contributed by atoms with Crippen LogP contribution in [-0.4, -0.2) is 77.4 Å². The number of hydrogen-bond acceptors (Lipinski definition) is 7. The molecule has 0 radical (unpaired) electrons. The first kappa shape index (κ1) is 32.0. The Hall–Kier alpha value is -1.88. The van der Waals surface area contributed by atoms with Gasteiger partial charge in [0.1, 0.15) is 6.04 Å². The molecule has 1 saturated carbocycles. The summed E-state index contributed by atoms with van der Waals surface area (Å²) < 4.78 is 0.951. The second kappa shape index (κ2) is 16.1. The van der Waals surface area contributed by atoms with E-state index in [1.165, 1.54) is 17.8 Å².